The second kappa shape index (κ2) is 6.50. The summed E-state index contributed by atoms with van der Waals surface area (Å²) < 4.78 is 24.7. The highest BCUT2D eigenvalue weighted by Crippen LogP contribution is 2.24. The van der Waals surface area contributed by atoms with Crippen LogP contribution >= 0.6 is 0 Å². The lowest BCUT2D eigenvalue weighted by Gasteiger charge is -2.33. The van der Waals surface area contributed by atoms with Crippen LogP contribution in [0.2, 0.25) is 0 Å². The summed E-state index contributed by atoms with van der Waals surface area (Å²) in [7, 11) is 0. The quantitative estimate of drug-likeness (QED) is 0.873. The van der Waals surface area contributed by atoms with Gasteiger partial charge in [0.05, 0.1) is 36.9 Å². The topological polar surface area (TPSA) is 55.6 Å². The van der Waals surface area contributed by atoms with Gasteiger partial charge in [0.25, 0.3) is 0 Å². The molecule has 0 N–H and O–H groups in total. The first-order valence-corrected chi connectivity index (χ1v) is 7.64. The van der Waals surface area contributed by atoms with Crippen LogP contribution in [0.3, 0.4) is 0 Å². The number of amides is 1. The number of hydrogen-bond acceptors (Lipinski definition) is 4. The lowest BCUT2D eigenvalue weighted by atomic mass is 10.2. The van der Waals surface area contributed by atoms with Gasteiger partial charge in [-0.2, -0.15) is 0 Å². The van der Waals surface area contributed by atoms with Crippen molar-refractivity contribution in [2.45, 2.75) is 26.3 Å². The molecule has 1 amide bonds. The van der Waals surface area contributed by atoms with E-state index in [1.807, 2.05) is 6.92 Å². The second-order valence-electron chi connectivity index (χ2n) is 5.69. The first kappa shape index (κ1) is 15.7. The van der Waals surface area contributed by atoms with Crippen LogP contribution in [-0.2, 0) is 16.0 Å². The highest BCUT2D eigenvalue weighted by molar-refractivity contribution is 5.79. The smallest absolute Gasteiger partial charge is 0.229 e. The van der Waals surface area contributed by atoms with E-state index in [0.717, 1.165) is 0 Å². The minimum atomic E-state index is -0.395. The van der Waals surface area contributed by atoms with Gasteiger partial charge >= 0.3 is 0 Å². The number of hydrogen-bond donors (Lipinski definition) is 0. The molecular weight excluding hydrogens is 299 g/mol. The van der Waals surface area contributed by atoms with Crippen LogP contribution in [0.5, 0.6) is 0 Å². The summed E-state index contributed by atoms with van der Waals surface area (Å²) in [6.45, 7) is 5.37. The molecule has 122 valence electrons. The van der Waals surface area contributed by atoms with E-state index in [0.29, 0.717) is 36.8 Å². The van der Waals surface area contributed by atoms with Crippen LogP contribution < -0.4 is 0 Å². The fourth-order valence-corrected chi connectivity index (χ4v) is 2.68. The molecule has 0 bridgehead atoms. The number of benzene rings is 1. The van der Waals surface area contributed by atoms with Gasteiger partial charge in [0.2, 0.25) is 11.8 Å². The summed E-state index contributed by atoms with van der Waals surface area (Å²) in [5, 5.41) is 0. The Bertz CT molecular complexity index is 714. The largest absolute Gasteiger partial charge is 0.441 e. The number of ether oxygens (including phenoxy) is 1. The molecule has 1 unspecified atom stereocenters. The summed E-state index contributed by atoms with van der Waals surface area (Å²) >= 11 is 0. The van der Waals surface area contributed by atoms with Gasteiger partial charge in [0.1, 0.15) is 11.6 Å². The normalized spacial score (nSPS) is 18.2. The van der Waals surface area contributed by atoms with Crippen molar-refractivity contribution in [3.8, 4) is 11.5 Å². The molecule has 1 aromatic carbocycles. The van der Waals surface area contributed by atoms with E-state index in [-0.39, 0.29) is 24.3 Å². The zero-order valence-electron chi connectivity index (χ0n) is 13.2. The van der Waals surface area contributed by atoms with Crippen molar-refractivity contribution >= 4 is 5.91 Å². The van der Waals surface area contributed by atoms with E-state index in [1.54, 1.807) is 30.0 Å². The minimum Gasteiger partial charge on any atom is -0.441 e. The molecule has 23 heavy (non-hydrogen) atoms. The first-order chi connectivity index (χ1) is 11.1. The van der Waals surface area contributed by atoms with Gasteiger partial charge in [-0.15, -0.1) is 0 Å². The van der Waals surface area contributed by atoms with Gasteiger partial charge in [-0.3, -0.25) is 4.79 Å². The molecular formula is C17H19FN2O3. The lowest BCUT2D eigenvalue weighted by Crippen LogP contribution is -2.47. The molecule has 1 fully saturated rings. The molecule has 3 rings (SSSR count). The van der Waals surface area contributed by atoms with Gasteiger partial charge in [0.15, 0.2) is 0 Å². The molecule has 1 aliphatic heterocycles. The maximum absolute atomic E-state index is 13.8. The molecule has 1 aromatic heterocycles. The molecule has 1 aliphatic rings. The molecule has 5 nitrogen and oxygen atoms in total. The van der Waals surface area contributed by atoms with E-state index in [2.05, 4.69) is 4.98 Å². The predicted octanol–water partition coefficient (Wildman–Crippen LogP) is 2.58. The zero-order valence-corrected chi connectivity index (χ0v) is 13.2. The van der Waals surface area contributed by atoms with Crippen LogP contribution in [0.25, 0.3) is 11.5 Å². The van der Waals surface area contributed by atoms with Crippen LogP contribution in [-0.4, -0.2) is 41.6 Å². The van der Waals surface area contributed by atoms with E-state index in [9.17, 15) is 9.18 Å². The third-order valence-corrected chi connectivity index (χ3v) is 4.00. The van der Waals surface area contributed by atoms with Crippen LogP contribution in [0.15, 0.2) is 28.7 Å². The Kier molecular flexibility index (Phi) is 4.43. The Morgan fingerprint density at radius 3 is 2.96 bits per heavy atom. The van der Waals surface area contributed by atoms with Crippen molar-refractivity contribution in [2.75, 3.05) is 19.8 Å². The average Bonchev–Trinajstić information content (AvgIpc) is 2.89. The standard InChI is InChI=1S/C17H19FN2O3/c1-11-10-22-8-7-20(11)16(21)9-15-12(2)23-17(19-15)13-5-3-4-6-14(13)18/h3-6,11H,7-10H2,1-2H3. The van der Waals surface area contributed by atoms with E-state index in [4.69, 9.17) is 9.15 Å². The summed E-state index contributed by atoms with van der Waals surface area (Å²) in [6.07, 6.45) is 0.147. The maximum atomic E-state index is 13.8. The Morgan fingerprint density at radius 1 is 1.43 bits per heavy atom. The summed E-state index contributed by atoms with van der Waals surface area (Å²) in [6, 6.07) is 6.34. The van der Waals surface area contributed by atoms with Crippen molar-refractivity contribution < 1.29 is 18.3 Å². The Balaban J connectivity index is 1.79. The summed E-state index contributed by atoms with van der Waals surface area (Å²) in [4.78, 5) is 18.6. The van der Waals surface area contributed by atoms with Crippen LogP contribution in [0.1, 0.15) is 18.4 Å². The Hall–Kier alpha value is -2.21. The fourth-order valence-electron chi connectivity index (χ4n) is 2.68. The predicted molar refractivity (Wildman–Crippen MR) is 82.3 cm³/mol. The number of halogens is 1. The van der Waals surface area contributed by atoms with E-state index in [1.165, 1.54) is 6.07 Å². The SMILES string of the molecule is Cc1oc(-c2ccccc2F)nc1CC(=O)N1CCOCC1C. The van der Waals surface area contributed by atoms with Crippen molar-refractivity contribution in [1.82, 2.24) is 9.88 Å². The lowest BCUT2D eigenvalue weighted by molar-refractivity contribution is -0.138. The number of morpholine rings is 1. The van der Waals surface area contributed by atoms with Crippen molar-refractivity contribution in [2.24, 2.45) is 0 Å². The molecule has 1 atom stereocenters. The van der Waals surface area contributed by atoms with Gasteiger partial charge in [0, 0.05) is 6.54 Å². The molecule has 2 heterocycles. The molecule has 0 saturated carbocycles. The van der Waals surface area contributed by atoms with Gasteiger partial charge in [-0.05, 0) is 26.0 Å². The van der Waals surface area contributed by atoms with Crippen LogP contribution in [0, 0.1) is 12.7 Å². The third kappa shape index (κ3) is 3.27. The number of oxazole rings is 1. The number of aromatic nitrogens is 1. The zero-order chi connectivity index (χ0) is 16.4. The molecule has 0 radical (unpaired) electrons. The Morgan fingerprint density at radius 2 is 2.22 bits per heavy atom. The van der Waals surface area contributed by atoms with Crippen molar-refractivity contribution in [3.63, 3.8) is 0 Å². The highest BCUT2D eigenvalue weighted by atomic mass is 19.1. The third-order valence-electron chi connectivity index (χ3n) is 4.00. The molecule has 0 aliphatic carbocycles. The van der Waals surface area contributed by atoms with Gasteiger partial charge in [-0.25, -0.2) is 9.37 Å². The fraction of sp³-hybridized carbons (Fsp3) is 0.412. The average molecular weight is 318 g/mol. The Labute approximate surface area is 134 Å². The molecule has 0 spiro atoms. The van der Waals surface area contributed by atoms with Crippen LogP contribution in [0.4, 0.5) is 4.39 Å². The number of aryl methyl sites for hydroxylation is 1. The molecule has 1 saturated heterocycles. The summed E-state index contributed by atoms with van der Waals surface area (Å²) in [5.41, 5.74) is 0.848. The summed E-state index contributed by atoms with van der Waals surface area (Å²) in [5.74, 6) is 0.335. The monoisotopic (exact) mass is 318 g/mol. The second-order valence-corrected chi connectivity index (χ2v) is 5.69. The minimum absolute atomic E-state index is 0.0164. The first-order valence-electron chi connectivity index (χ1n) is 7.64. The van der Waals surface area contributed by atoms with Crippen molar-refractivity contribution in [1.29, 1.82) is 0 Å². The van der Waals surface area contributed by atoms with Gasteiger partial charge < -0.3 is 14.1 Å². The number of nitrogens with zero attached hydrogens (tertiary/aromatic N) is 2. The number of rotatable bonds is 3. The molecule has 2 aromatic rings. The highest BCUT2D eigenvalue weighted by Gasteiger charge is 2.25. The van der Waals surface area contributed by atoms with E-state index >= 15 is 0 Å². The maximum Gasteiger partial charge on any atom is 0.229 e. The van der Waals surface area contributed by atoms with Gasteiger partial charge in [-0.1, -0.05) is 12.1 Å². The van der Waals surface area contributed by atoms with Crippen molar-refractivity contribution in [3.05, 3.63) is 41.5 Å². The number of carbonyl (C=O) groups is 1. The van der Waals surface area contributed by atoms with E-state index < -0.39 is 5.82 Å². The molecule has 6 heteroatoms. The number of carbonyl (C=O) groups excluding carboxylic acids is 1.